The molecule has 1 fully saturated rings. The van der Waals surface area contributed by atoms with E-state index in [0.717, 1.165) is 0 Å². The van der Waals surface area contributed by atoms with Crippen molar-refractivity contribution in [3.8, 4) is 0 Å². The molecule has 106 valence electrons. The predicted molar refractivity (Wildman–Crippen MR) is 71.0 cm³/mol. The fourth-order valence-corrected chi connectivity index (χ4v) is 3.96. The van der Waals surface area contributed by atoms with Gasteiger partial charge in [0.2, 0.25) is 5.91 Å². The Kier molecular flexibility index (Phi) is 5.12. The Labute approximate surface area is 109 Å². The van der Waals surface area contributed by atoms with Crippen molar-refractivity contribution in [3.05, 3.63) is 0 Å². The number of amides is 1. The summed E-state index contributed by atoms with van der Waals surface area (Å²) in [5, 5.41) is 0. The van der Waals surface area contributed by atoms with Crippen molar-refractivity contribution in [1.82, 2.24) is 9.80 Å². The molecule has 0 aliphatic carbocycles. The molecule has 1 amide bonds. The summed E-state index contributed by atoms with van der Waals surface area (Å²) in [6.45, 7) is 0.354. The zero-order valence-corrected chi connectivity index (χ0v) is 12.1. The Morgan fingerprint density at radius 1 is 1.39 bits per heavy atom. The van der Waals surface area contributed by atoms with E-state index in [9.17, 15) is 13.2 Å². The molecule has 2 N–H and O–H groups in total. The highest BCUT2D eigenvalue weighted by Gasteiger charge is 2.33. The first kappa shape index (κ1) is 15.4. The van der Waals surface area contributed by atoms with Crippen LogP contribution in [0.4, 0.5) is 0 Å². The summed E-state index contributed by atoms with van der Waals surface area (Å²) in [6, 6.07) is -0.114. The van der Waals surface area contributed by atoms with Crippen molar-refractivity contribution in [3.63, 3.8) is 0 Å². The number of nitrogens with zero attached hydrogens (tertiary/aromatic N) is 2. The van der Waals surface area contributed by atoms with E-state index in [1.165, 1.54) is 4.90 Å². The largest absolute Gasteiger partial charge is 0.349 e. The van der Waals surface area contributed by atoms with Crippen molar-refractivity contribution >= 4 is 15.7 Å². The second-order valence-electron chi connectivity index (χ2n) is 5.10. The van der Waals surface area contributed by atoms with Gasteiger partial charge in [-0.3, -0.25) is 9.69 Å². The monoisotopic (exact) mass is 277 g/mol. The van der Waals surface area contributed by atoms with Gasteiger partial charge in [-0.1, -0.05) is 0 Å². The Hall–Kier alpha value is -0.660. The quantitative estimate of drug-likeness (QED) is 0.690. The molecule has 0 aromatic heterocycles. The summed E-state index contributed by atoms with van der Waals surface area (Å²) in [5.74, 6) is 0.426. The van der Waals surface area contributed by atoms with Crippen LogP contribution in [-0.4, -0.2) is 75.4 Å². The van der Waals surface area contributed by atoms with Crippen LogP contribution in [0.1, 0.15) is 12.8 Å². The van der Waals surface area contributed by atoms with Gasteiger partial charge in [0.15, 0.2) is 9.84 Å². The Morgan fingerprint density at radius 2 is 2.00 bits per heavy atom. The van der Waals surface area contributed by atoms with Crippen LogP contribution in [0.3, 0.4) is 0 Å². The molecule has 0 saturated carbocycles. The minimum Gasteiger partial charge on any atom is -0.349 e. The summed E-state index contributed by atoms with van der Waals surface area (Å²) < 4.78 is 22.9. The molecule has 1 heterocycles. The lowest BCUT2D eigenvalue weighted by atomic mass is 10.1. The third-order valence-corrected chi connectivity index (χ3v) is 5.29. The summed E-state index contributed by atoms with van der Waals surface area (Å²) in [6.07, 6.45) is 0.960. The molecule has 0 spiro atoms. The van der Waals surface area contributed by atoms with Gasteiger partial charge in [-0.15, -0.1) is 0 Å². The number of sulfone groups is 1. The maximum absolute atomic E-state index is 11.7. The molecule has 0 bridgehead atoms. The van der Waals surface area contributed by atoms with Crippen LogP contribution >= 0.6 is 0 Å². The van der Waals surface area contributed by atoms with Crippen molar-refractivity contribution < 1.29 is 13.2 Å². The zero-order valence-electron chi connectivity index (χ0n) is 11.3. The van der Waals surface area contributed by atoms with Gasteiger partial charge in [0.25, 0.3) is 0 Å². The highest BCUT2D eigenvalue weighted by atomic mass is 32.2. The predicted octanol–water partition coefficient (Wildman–Crippen LogP) is -1.09. The Morgan fingerprint density at radius 3 is 2.39 bits per heavy atom. The molecule has 2 unspecified atom stereocenters. The molecule has 2 atom stereocenters. The van der Waals surface area contributed by atoms with Crippen LogP contribution in [0, 0.1) is 0 Å². The molecule has 18 heavy (non-hydrogen) atoms. The molecule has 0 aromatic rings. The SMILES string of the molecule is CN(C)C(=O)CC(CN)N(C)C1CCS(=O)(=O)C1. The number of carbonyl (C=O) groups is 1. The third kappa shape index (κ3) is 3.93. The van der Waals surface area contributed by atoms with Gasteiger partial charge in [-0.2, -0.15) is 0 Å². The van der Waals surface area contributed by atoms with Gasteiger partial charge in [0.1, 0.15) is 0 Å². The van der Waals surface area contributed by atoms with Crippen LogP contribution < -0.4 is 5.73 Å². The molecule has 6 nitrogen and oxygen atoms in total. The number of carbonyl (C=O) groups excluding carboxylic acids is 1. The van der Waals surface area contributed by atoms with Gasteiger partial charge >= 0.3 is 0 Å². The van der Waals surface area contributed by atoms with Gasteiger partial charge < -0.3 is 10.6 Å². The number of hydrogen-bond acceptors (Lipinski definition) is 5. The second kappa shape index (κ2) is 5.99. The average Bonchev–Trinajstić information content (AvgIpc) is 2.65. The summed E-state index contributed by atoms with van der Waals surface area (Å²) in [7, 11) is 2.36. The van der Waals surface area contributed by atoms with E-state index >= 15 is 0 Å². The molecule has 1 aliphatic heterocycles. The lowest BCUT2D eigenvalue weighted by molar-refractivity contribution is -0.130. The van der Waals surface area contributed by atoms with Crippen LogP contribution in [0.15, 0.2) is 0 Å². The molecule has 1 aliphatic rings. The molecule has 0 aromatic carbocycles. The van der Waals surface area contributed by atoms with E-state index in [0.29, 0.717) is 19.4 Å². The van der Waals surface area contributed by atoms with Crippen molar-refractivity contribution in [2.24, 2.45) is 5.73 Å². The van der Waals surface area contributed by atoms with Crippen LogP contribution in [0.5, 0.6) is 0 Å². The van der Waals surface area contributed by atoms with E-state index in [-0.39, 0.29) is 29.5 Å². The molecule has 1 rings (SSSR count). The standard InChI is InChI=1S/C11H23N3O3S/c1-13(2)11(15)6-10(7-12)14(3)9-4-5-18(16,17)8-9/h9-10H,4-8,12H2,1-3H3. The third-order valence-electron chi connectivity index (χ3n) is 3.54. The zero-order chi connectivity index (χ0) is 13.9. The topological polar surface area (TPSA) is 83.7 Å². The fraction of sp³-hybridized carbons (Fsp3) is 0.909. The van der Waals surface area contributed by atoms with Crippen molar-refractivity contribution in [2.75, 3.05) is 39.2 Å². The van der Waals surface area contributed by atoms with Crippen LogP contribution in [0.25, 0.3) is 0 Å². The second-order valence-corrected chi connectivity index (χ2v) is 7.33. The normalized spacial score (nSPS) is 24.2. The first-order valence-corrected chi connectivity index (χ1v) is 7.91. The molecule has 1 saturated heterocycles. The summed E-state index contributed by atoms with van der Waals surface area (Å²) in [4.78, 5) is 15.2. The van der Waals surface area contributed by atoms with E-state index in [2.05, 4.69) is 0 Å². The fourth-order valence-electron chi connectivity index (χ4n) is 2.17. The molecule has 7 heteroatoms. The lowest BCUT2D eigenvalue weighted by Crippen LogP contribution is -2.47. The van der Waals surface area contributed by atoms with Gasteiger partial charge in [-0.05, 0) is 13.5 Å². The van der Waals surface area contributed by atoms with Crippen molar-refractivity contribution in [2.45, 2.75) is 24.9 Å². The van der Waals surface area contributed by atoms with Crippen LogP contribution in [-0.2, 0) is 14.6 Å². The highest BCUT2D eigenvalue weighted by molar-refractivity contribution is 7.91. The number of likely N-dealkylation sites (N-methyl/N-ethyl adjacent to an activating group) is 1. The van der Waals surface area contributed by atoms with Gasteiger partial charge in [0, 0.05) is 39.1 Å². The molecule has 0 radical (unpaired) electrons. The first-order chi connectivity index (χ1) is 8.26. The maximum Gasteiger partial charge on any atom is 0.223 e. The maximum atomic E-state index is 11.7. The summed E-state index contributed by atoms with van der Waals surface area (Å²) >= 11 is 0. The number of nitrogens with two attached hydrogens (primary N) is 1. The number of hydrogen-bond donors (Lipinski definition) is 1. The highest BCUT2D eigenvalue weighted by Crippen LogP contribution is 2.19. The van der Waals surface area contributed by atoms with E-state index in [1.54, 1.807) is 14.1 Å². The van der Waals surface area contributed by atoms with Gasteiger partial charge in [0.05, 0.1) is 11.5 Å². The Bertz CT molecular complexity index is 394. The Balaban J connectivity index is 2.63. The summed E-state index contributed by atoms with van der Waals surface area (Å²) in [5.41, 5.74) is 5.70. The van der Waals surface area contributed by atoms with Gasteiger partial charge in [-0.25, -0.2) is 8.42 Å². The smallest absolute Gasteiger partial charge is 0.223 e. The average molecular weight is 277 g/mol. The van der Waals surface area contributed by atoms with Crippen molar-refractivity contribution in [1.29, 1.82) is 0 Å². The first-order valence-electron chi connectivity index (χ1n) is 6.09. The molecular formula is C11H23N3O3S. The minimum atomic E-state index is -2.90. The molecular weight excluding hydrogens is 254 g/mol. The van der Waals surface area contributed by atoms with E-state index in [4.69, 9.17) is 5.73 Å². The van der Waals surface area contributed by atoms with Crippen LogP contribution in [0.2, 0.25) is 0 Å². The minimum absolute atomic E-state index is 0.0122. The van der Waals surface area contributed by atoms with E-state index < -0.39 is 9.84 Å². The lowest BCUT2D eigenvalue weighted by Gasteiger charge is -2.31. The number of rotatable bonds is 5. The van der Waals surface area contributed by atoms with E-state index in [1.807, 2.05) is 11.9 Å².